The predicted octanol–water partition coefficient (Wildman–Crippen LogP) is 8.34. The van der Waals surface area contributed by atoms with E-state index in [1.54, 1.807) is 6.07 Å². The number of amides is 2. The fraction of sp³-hybridized carbons (Fsp3) is 0.333. The molecule has 260 valence electrons. The van der Waals surface area contributed by atoms with Gasteiger partial charge >= 0.3 is 6.09 Å². The van der Waals surface area contributed by atoms with Gasteiger partial charge < -0.3 is 26.2 Å². The maximum absolute atomic E-state index is 12.9. The van der Waals surface area contributed by atoms with E-state index in [1.165, 1.54) is 24.3 Å². The molecule has 4 aromatic rings. The van der Waals surface area contributed by atoms with Crippen LogP contribution in [-0.4, -0.2) is 42.2 Å². The number of hydrogen-bond acceptors (Lipinski definition) is 9. The van der Waals surface area contributed by atoms with E-state index in [9.17, 15) is 27.7 Å². The number of aromatic hydroxyl groups is 1. The Balaban J connectivity index is 1.38. The van der Waals surface area contributed by atoms with E-state index in [2.05, 4.69) is 20.9 Å². The summed E-state index contributed by atoms with van der Waals surface area (Å²) in [6.45, 7) is 11.6. The molecule has 0 aromatic heterocycles. The average Bonchev–Trinajstić information content (AvgIpc) is 3.00. The van der Waals surface area contributed by atoms with Gasteiger partial charge in [-0.1, -0.05) is 31.5 Å². The van der Waals surface area contributed by atoms with E-state index in [0.717, 1.165) is 40.8 Å². The van der Waals surface area contributed by atoms with Gasteiger partial charge in [0.2, 0.25) is 5.91 Å². The molecule has 0 fully saturated rings. The van der Waals surface area contributed by atoms with Gasteiger partial charge in [-0.2, -0.15) is 13.5 Å². The van der Waals surface area contributed by atoms with E-state index in [1.807, 2.05) is 71.9 Å². The Bertz CT molecular complexity index is 2020. The number of benzene rings is 4. The molecule has 0 aliphatic carbocycles. The Hall–Kier alpha value is -5.01. The zero-order valence-corrected chi connectivity index (χ0v) is 29.3. The molecular weight excluding hydrogens is 646 g/mol. The van der Waals surface area contributed by atoms with E-state index in [-0.39, 0.29) is 44.6 Å². The average molecular weight is 690 g/mol. The zero-order chi connectivity index (χ0) is 36.1. The molecule has 1 atom stereocenters. The summed E-state index contributed by atoms with van der Waals surface area (Å²) >= 11 is 0. The van der Waals surface area contributed by atoms with Gasteiger partial charge in [-0.05, 0) is 112 Å². The Labute approximate surface area is 286 Å². The lowest BCUT2D eigenvalue weighted by Gasteiger charge is -2.19. The first kappa shape index (κ1) is 36.8. The third-order valence-electron chi connectivity index (χ3n) is 7.86. The third kappa shape index (κ3) is 9.55. The molecule has 0 radical (unpaired) electrons. The number of phenolic OH excluding ortho intramolecular Hbond substituents is 1. The van der Waals surface area contributed by atoms with Crippen molar-refractivity contribution in [3.63, 3.8) is 0 Å². The summed E-state index contributed by atoms with van der Waals surface area (Å²) < 4.78 is 38.4. The summed E-state index contributed by atoms with van der Waals surface area (Å²) in [6, 6.07) is 16.7. The highest BCUT2D eigenvalue weighted by atomic mass is 32.2. The molecule has 0 bridgehead atoms. The van der Waals surface area contributed by atoms with Crippen molar-refractivity contribution < 1.29 is 32.4 Å². The van der Waals surface area contributed by atoms with Crippen LogP contribution in [0.2, 0.25) is 0 Å². The SMILES string of the molecule is Cc1cc(-c2ccc(NC(=O)[C@H](C)CCCCNC(=O)OC(C)(C)C)c(C)c2)ccc1N=Nc1ccc2c(S(=O)(=O)O)ccc(N)c2c1O. The highest BCUT2D eigenvalue weighted by molar-refractivity contribution is 7.86. The van der Waals surface area contributed by atoms with Crippen LogP contribution in [0.15, 0.2) is 75.8 Å². The van der Waals surface area contributed by atoms with E-state index in [4.69, 9.17) is 10.5 Å². The molecule has 0 spiro atoms. The standard InChI is InChI=1S/C36H43N5O7S/c1-21(9-7-8-18-38-35(44)48-36(4,5)6)34(43)39-28-14-10-24(19-22(28)2)25-11-15-29(23(3)20-25)40-41-30-16-12-26-31(49(45,46)47)17-13-27(37)32(26)33(30)42/h10-17,19-21,42H,7-9,18,37H2,1-6H3,(H,38,44)(H,39,43)(H,45,46,47)/t21-/m1/s1. The number of alkyl carbamates (subject to hydrolysis) is 1. The lowest BCUT2D eigenvalue weighted by molar-refractivity contribution is -0.119. The first-order chi connectivity index (χ1) is 22.9. The Morgan fingerprint density at radius 2 is 1.55 bits per heavy atom. The van der Waals surface area contributed by atoms with Crippen LogP contribution >= 0.6 is 0 Å². The van der Waals surface area contributed by atoms with Crippen molar-refractivity contribution in [1.82, 2.24) is 5.32 Å². The second kappa shape index (κ2) is 15.0. The van der Waals surface area contributed by atoms with Crippen LogP contribution in [0.1, 0.15) is 58.1 Å². The van der Waals surface area contributed by atoms with Crippen LogP contribution in [-0.2, 0) is 19.6 Å². The van der Waals surface area contributed by atoms with Gasteiger partial charge in [0.15, 0.2) is 5.75 Å². The number of carbonyl (C=O) groups is 2. The molecule has 0 heterocycles. The zero-order valence-electron chi connectivity index (χ0n) is 28.5. The molecule has 0 saturated carbocycles. The van der Waals surface area contributed by atoms with Crippen LogP contribution in [0.5, 0.6) is 5.75 Å². The van der Waals surface area contributed by atoms with Crippen molar-refractivity contribution in [1.29, 1.82) is 0 Å². The number of carbonyl (C=O) groups excluding carboxylic acids is 2. The number of unbranched alkanes of at least 4 members (excludes halogenated alkanes) is 1. The molecule has 0 aliphatic heterocycles. The molecule has 0 unspecified atom stereocenters. The van der Waals surface area contributed by atoms with Gasteiger partial charge in [-0.25, -0.2) is 4.79 Å². The van der Waals surface area contributed by atoms with Crippen LogP contribution in [0, 0.1) is 19.8 Å². The maximum atomic E-state index is 12.9. The fourth-order valence-electron chi connectivity index (χ4n) is 5.23. The van der Waals surface area contributed by atoms with Gasteiger partial charge in [0.05, 0.1) is 11.1 Å². The molecule has 2 amide bonds. The molecule has 4 rings (SSSR count). The molecule has 0 saturated heterocycles. The Kier molecular flexibility index (Phi) is 11.3. The monoisotopic (exact) mass is 689 g/mol. The number of ether oxygens (including phenoxy) is 1. The third-order valence-corrected chi connectivity index (χ3v) is 8.77. The molecule has 4 aromatic carbocycles. The number of hydrogen-bond donors (Lipinski definition) is 5. The minimum Gasteiger partial charge on any atom is -0.505 e. The Morgan fingerprint density at radius 1 is 0.918 bits per heavy atom. The summed E-state index contributed by atoms with van der Waals surface area (Å²) in [7, 11) is -4.54. The molecule has 6 N–H and O–H groups in total. The fourth-order valence-corrected chi connectivity index (χ4v) is 5.92. The quantitative estimate of drug-likeness (QED) is 0.0449. The minimum absolute atomic E-state index is 0.0489. The topological polar surface area (TPSA) is 193 Å². The normalized spacial score (nSPS) is 12.6. The number of aryl methyl sites for hydroxylation is 2. The van der Waals surface area contributed by atoms with Gasteiger partial charge in [0.25, 0.3) is 10.1 Å². The second-order valence-corrected chi connectivity index (χ2v) is 14.4. The number of nitrogens with two attached hydrogens (primary N) is 1. The van der Waals surface area contributed by atoms with Crippen molar-refractivity contribution in [3.05, 3.63) is 71.8 Å². The molecule has 0 aliphatic rings. The van der Waals surface area contributed by atoms with Gasteiger partial charge in [-0.3, -0.25) is 9.35 Å². The lowest BCUT2D eigenvalue weighted by atomic mass is 9.99. The number of nitrogens with zero attached hydrogens (tertiary/aromatic N) is 2. The van der Waals surface area contributed by atoms with E-state index < -0.39 is 21.8 Å². The van der Waals surface area contributed by atoms with E-state index >= 15 is 0 Å². The number of azo groups is 1. The van der Waals surface area contributed by atoms with Crippen molar-refractivity contribution >= 4 is 55.6 Å². The summed E-state index contributed by atoms with van der Waals surface area (Å²) in [6.07, 6.45) is 1.77. The summed E-state index contributed by atoms with van der Waals surface area (Å²) in [5.41, 5.74) is 10.6. The van der Waals surface area contributed by atoms with Crippen molar-refractivity contribution in [2.45, 2.75) is 71.3 Å². The van der Waals surface area contributed by atoms with Gasteiger partial charge in [0.1, 0.15) is 16.2 Å². The van der Waals surface area contributed by atoms with Crippen LogP contribution < -0.4 is 16.4 Å². The van der Waals surface area contributed by atoms with Crippen LogP contribution in [0.25, 0.3) is 21.9 Å². The van der Waals surface area contributed by atoms with E-state index in [0.29, 0.717) is 18.7 Å². The number of rotatable bonds is 11. The number of nitrogen functional groups attached to an aromatic ring is 1. The summed E-state index contributed by atoms with van der Waals surface area (Å²) in [5, 5.41) is 25.2. The van der Waals surface area contributed by atoms with Crippen molar-refractivity contribution in [2.24, 2.45) is 16.1 Å². The van der Waals surface area contributed by atoms with Crippen LogP contribution in [0.3, 0.4) is 0 Å². The van der Waals surface area contributed by atoms with Crippen LogP contribution in [0.4, 0.5) is 27.5 Å². The maximum Gasteiger partial charge on any atom is 0.407 e. The first-order valence-corrected chi connectivity index (χ1v) is 17.3. The van der Waals surface area contributed by atoms with Crippen molar-refractivity contribution in [3.8, 4) is 16.9 Å². The first-order valence-electron chi connectivity index (χ1n) is 15.9. The summed E-state index contributed by atoms with van der Waals surface area (Å²) in [5.74, 6) is -0.628. The number of fused-ring (bicyclic) bond motifs is 1. The molecule has 49 heavy (non-hydrogen) atoms. The largest absolute Gasteiger partial charge is 0.505 e. The number of anilines is 2. The van der Waals surface area contributed by atoms with Gasteiger partial charge in [0, 0.05) is 29.2 Å². The Morgan fingerprint density at radius 3 is 2.18 bits per heavy atom. The van der Waals surface area contributed by atoms with Gasteiger partial charge in [-0.15, -0.1) is 5.11 Å². The minimum atomic E-state index is -4.54. The highest BCUT2D eigenvalue weighted by Crippen LogP contribution is 2.41. The number of nitrogens with one attached hydrogen (secondary N) is 2. The lowest BCUT2D eigenvalue weighted by Crippen LogP contribution is -2.33. The predicted molar refractivity (Wildman–Crippen MR) is 191 cm³/mol. The second-order valence-electron chi connectivity index (χ2n) is 13.0. The molecule has 12 nitrogen and oxygen atoms in total. The molecule has 13 heteroatoms. The summed E-state index contributed by atoms with van der Waals surface area (Å²) in [4.78, 5) is 24.3. The highest BCUT2D eigenvalue weighted by Gasteiger charge is 2.20. The number of phenols is 1. The molecular formula is C36H43N5O7S. The smallest absolute Gasteiger partial charge is 0.407 e. The van der Waals surface area contributed by atoms with Crippen molar-refractivity contribution in [2.75, 3.05) is 17.6 Å².